The highest BCUT2D eigenvalue weighted by molar-refractivity contribution is 5.73. The smallest absolute Gasteiger partial charge is 0.335 e. The van der Waals surface area contributed by atoms with Gasteiger partial charge in [0.05, 0.1) is 0 Å². The molecule has 1 aliphatic heterocycles. The van der Waals surface area contributed by atoms with E-state index in [4.69, 9.17) is 14.6 Å². The Morgan fingerprint density at radius 2 is 1.91 bits per heavy atom. The number of hydrogen-bond acceptors (Lipinski definition) is 7. The van der Waals surface area contributed by atoms with Crippen LogP contribution in [0.5, 0.6) is 5.75 Å². The first kappa shape index (κ1) is 17.5. The highest BCUT2D eigenvalue weighted by Gasteiger charge is 2.48. The van der Waals surface area contributed by atoms with Crippen LogP contribution in [-0.4, -0.2) is 64.1 Å². The summed E-state index contributed by atoms with van der Waals surface area (Å²) in [5.74, 6) is -1.10. The first-order valence-corrected chi connectivity index (χ1v) is 7.28. The van der Waals surface area contributed by atoms with Crippen molar-refractivity contribution in [2.45, 2.75) is 44.1 Å². The molecule has 0 bridgehead atoms. The van der Waals surface area contributed by atoms with Crippen molar-refractivity contribution in [1.29, 1.82) is 0 Å². The van der Waals surface area contributed by atoms with Gasteiger partial charge in [-0.2, -0.15) is 0 Å². The lowest BCUT2D eigenvalue weighted by atomic mass is 9.99. The molecule has 1 aromatic carbocycles. The third-order valence-electron chi connectivity index (χ3n) is 3.73. The first-order valence-electron chi connectivity index (χ1n) is 7.28. The van der Waals surface area contributed by atoms with Gasteiger partial charge in [0.2, 0.25) is 6.29 Å². The van der Waals surface area contributed by atoms with E-state index in [9.17, 15) is 20.1 Å². The number of aliphatic carboxylic acids is 1. The molecule has 0 aliphatic carbocycles. The van der Waals surface area contributed by atoms with Gasteiger partial charge in [-0.3, -0.25) is 0 Å². The van der Waals surface area contributed by atoms with E-state index in [0.717, 1.165) is 17.7 Å². The van der Waals surface area contributed by atoms with Crippen molar-refractivity contribution < 1.29 is 34.7 Å². The van der Waals surface area contributed by atoms with Gasteiger partial charge in [-0.15, -0.1) is 0 Å². The van der Waals surface area contributed by atoms with Gasteiger partial charge in [0, 0.05) is 18.8 Å². The van der Waals surface area contributed by atoms with Gasteiger partial charge in [0.25, 0.3) is 0 Å². The van der Waals surface area contributed by atoms with Crippen LogP contribution in [0.3, 0.4) is 0 Å². The molecule has 1 aliphatic rings. The number of aliphatic hydroxyl groups excluding tert-OH is 3. The zero-order valence-electron chi connectivity index (χ0n) is 12.8. The Hall–Kier alpha value is -1.87. The Morgan fingerprint density at radius 1 is 1.22 bits per heavy atom. The molecule has 1 aromatic rings. The predicted molar refractivity (Wildman–Crippen MR) is 80.3 cm³/mol. The lowest BCUT2D eigenvalue weighted by Crippen LogP contribution is -2.61. The molecule has 0 aromatic heterocycles. The summed E-state index contributed by atoms with van der Waals surface area (Å²) in [6, 6.07) is 5.30. The van der Waals surface area contributed by atoms with Crippen molar-refractivity contribution in [2.75, 3.05) is 12.4 Å². The summed E-state index contributed by atoms with van der Waals surface area (Å²) >= 11 is 0. The largest absolute Gasteiger partial charge is 0.479 e. The predicted octanol–water partition coefficient (Wildman–Crippen LogP) is -0.438. The molecule has 1 saturated heterocycles. The number of benzene rings is 1. The fourth-order valence-electron chi connectivity index (χ4n) is 2.36. The SMILES string of the molecule is CCc1cc(NC)cc(O[C@@H]2O[C@H](C(=O)O)[C@@H](O)[C@H](O)[C@H]2O)c1. The van der Waals surface area contributed by atoms with Crippen LogP contribution in [0.15, 0.2) is 18.2 Å². The minimum absolute atomic E-state index is 0.352. The molecule has 2 rings (SSSR count). The summed E-state index contributed by atoms with van der Waals surface area (Å²) in [4.78, 5) is 11.1. The van der Waals surface area contributed by atoms with Crippen LogP contribution >= 0.6 is 0 Å². The van der Waals surface area contributed by atoms with Gasteiger partial charge in [0.15, 0.2) is 6.10 Å². The molecule has 128 valence electrons. The molecule has 0 radical (unpaired) electrons. The minimum Gasteiger partial charge on any atom is -0.479 e. The standard InChI is InChI=1S/C15H21NO7/c1-3-7-4-8(16-2)6-9(5-7)22-15-12(19)10(17)11(18)13(23-15)14(20)21/h4-6,10-13,15-19H,3H2,1-2H3,(H,20,21)/t10-,11-,12+,13-,15+/m0/s1. The summed E-state index contributed by atoms with van der Waals surface area (Å²) in [5.41, 5.74) is 1.74. The summed E-state index contributed by atoms with van der Waals surface area (Å²) in [6.45, 7) is 1.96. The molecule has 0 unspecified atom stereocenters. The van der Waals surface area contributed by atoms with Gasteiger partial charge in [-0.25, -0.2) is 4.79 Å². The fourth-order valence-corrected chi connectivity index (χ4v) is 2.36. The van der Waals surface area contributed by atoms with Crippen molar-refractivity contribution in [3.63, 3.8) is 0 Å². The first-order chi connectivity index (χ1) is 10.9. The van der Waals surface area contributed by atoms with E-state index < -0.39 is 36.7 Å². The zero-order valence-corrected chi connectivity index (χ0v) is 12.8. The molecular formula is C15H21NO7. The highest BCUT2D eigenvalue weighted by Crippen LogP contribution is 2.27. The summed E-state index contributed by atoms with van der Waals surface area (Å²) in [6.07, 6.45) is -7.35. The Labute approximate surface area is 133 Å². The lowest BCUT2D eigenvalue weighted by molar-refractivity contribution is -0.271. The number of aryl methyl sites for hydroxylation is 1. The van der Waals surface area contributed by atoms with Gasteiger partial charge in [0.1, 0.15) is 24.1 Å². The molecule has 5 N–H and O–H groups in total. The van der Waals surface area contributed by atoms with Crippen molar-refractivity contribution in [1.82, 2.24) is 0 Å². The third-order valence-corrected chi connectivity index (χ3v) is 3.73. The van der Waals surface area contributed by atoms with Crippen LogP contribution in [0.1, 0.15) is 12.5 Å². The van der Waals surface area contributed by atoms with Crippen molar-refractivity contribution in [3.8, 4) is 5.75 Å². The van der Waals surface area contributed by atoms with Crippen LogP contribution in [0.2, 0.25) is 0 Å². The molecule has 0 saturated carbocycles. The molecule has 0 spiro atoms. The topological polar surface area (TPSA) is 128 Å². The number of ether oxygens (including phenoxy) is 2. The van der Waals surface area contributed by atoms with E-state index >= 15 is 0 Å². The van der Waals surface area contributed by atoms with Crippen molar-refractivity contribution in [3.05, 3.63) is 23.8 Å². The van der Waals surface area contributed by atoms with Gasteiger partial charge in [-0.1, -0.05) is 6.92 Å². The highest BCUT2D eigenvalue weighted by atomic mass is 16.7. The molecule has 8 heteroatoms. The van der Waals surface area contributed by atoms with Crippen LogP contribution < -0.4 is 10.1 Å². The van der Waals surface area contributed by atoms with Gasteiger partial charge >= 0.3 is 5.97 Å². The quantitative estimate of drug-likeness (QED) is 0.492. The Balaban J connectivity index is 2.22. The summed E-state index contributed by atoms with van der Waals surface area (Å²) in [5, 5.41) is 41.4. The number of carbonyl (C=O) groups is 1. The van der Waals surface area contributed by atoms with Gasteiger partial charge in [-0.05, 0) is 24.1 Å². The molecular weight excluding hydrogens is 306 g/mol. The maximum absolute atomic E-state index is 11.1. The van der Waals surface area contributed by atoms with E-state index in [2.05, 4.69) is 5.32 Å². The van der Waals surface area contributed by atoms with Crippen LogP contribution in [0.25, 0.3) is 0 Å². The zero-order chi connectivity index (χ0) is 17.1. The van der Waals surface area contributed by atoms with Crippen LogP contribution in [0.4, 0.5) is 5.69 Å². The second kappa shape index (κ2) is 7.14. The number of anilines is 1. The maximum atomic E-state index is 11.1. The number of aliphatic hydroxyl groups is 3. The Morgan fingerprint density at radius 3 is 2.48 bits per heavy atom. The Kier molecular flexibility index (Phi) is 5.42. The number of carboxylic acids is 1. The molecule has 1 heterocycles. The molecule has 5 atom stereocenters. The van der Waals surface area contributed by atoms with E-state index in [-0.39, 0.29) is 0 Å². The van der Waals surface area contributed by atoms with E-state index in [1.54, 1.807) is 19.2 Å². The second-order valence-corrected chi connectivity index (χ2v) is 5.32. The van der Waals surface area contributed by atoms with Crippen LogP contribution in [-0.2, 0) is 16.0 Å². The van der Waals surface area contributed by atoms with Gasteiger partial charge < -0.3 is 35.2 Å². The average Bonchev–Trinajstić information content (AvgIpc) is 2.54. The normalized spacial score (nSPS) is 30.7. The summed E-state index contributed by atoms with van der Waals surface area (Å²) < 4.78 is 10.6. The number of carboxylic acid groups (broad SMARTS) is 1. The molecule has 23 heavy (non-hydrogen) atoms. The van der Waals surface area contributed by atoms with Crippen molar-refractivity contribution >= 4 is 11.7 Å². The van der Waals surface area contributed by atoms with Crippen LogP contribution in [0, 0.1) is 0 Å². The second-order valence-electron chi connectivity index (χ2n) is 5.32. The fraction of sp³-hybridized carbons (Fsp3) is 0.533. The molecule has 1 fully saturated rings. The lowest BCUT2D eigenvalue weighted by Gasteiger charge is -2.38. The average molecular weight is 327 g/mol. The monoisotopic (exact) mass is 327 g/mol. The molecule has 8 nitrogen and oxygen atoms in total. The number of hydrogen-bond donors (Lipinski definition) is 5. The summed E-state index contributed by atoms with van der Waals surface area (Å²) in [7, 11) is 1.74. The van der Waals surface area contributed by atoms with E-state index in [1.165, 1.54) is 0 Å². The minimum atomic E-state index is -1.74. The number of rotatable bonds is 5. The van der Waals surface area contributed by atoms with E-state index in [0.29, 0.717) is 5.75 Å². The van der Waals surface area contributed by atoms with Crippen molar-refractivity contribution in [2.24, 2.45) is 0 Å². The Bertz CT molecular complexity index is 543. The molecule has 0 amide bonds. The van der Waals surface area contributed by atoms with E-state index in [1.807, 2.05) is 13.0 Å². The number of nitrogens with one attached hydrogen (secondary N) is 1. The third kappa shape index (κ3) is 3.73. The maximum Gasteiger partial charge on any atom is 0.335 e.